The lowest BCUT2D eigenvalue weighted by Crippen LogP contribution is -2.37. The van der Waals surface area contributed by atoms with Crippen molar-refractivity contribution >= 4 is 21.1 Å². The van der Waals surface area contributed by atoms with Crippen molar-refractivity contribution < 1.29 is 13.6 Å². The van der Waals surface area contributed by atoms with Gasteiger partial charge in [0.2, 0.25) is 0 Å². The summed E-state index contributed by atoms with van der Waals surface area (Å²) in [5.41, 5.74) is 0. The fraction of sp³-hybridized carbons (Fsp3) is 1.00. The summed E-state index contributed by atoms with van der Waals surface area (Å²) in [6.45, 7) is 1.43. The molecule has 0 aromatic heterocycles. The van der Waals surface area contributed by atoms with Gasteiger partial charge in [0, 0.05) is 0 Å². The highest BCUT2D eigenvalue weighted by molar-refractivity contribution is 7.17. The predicted octanol–water partition coefficient (Wildman–Crippen LogP) is 1.34. The van der Waals surface area contributed by atoms with Crippen LogP contribution in [0.4, 0.5) is 0 Å². The average molecular weight is 187 g/mol. The molecule has 0 aromatic carbocycles. The van der Waals surface area contributed by atoms with Crippen LogP contribution in [0.3, 0.4) is 0 Å². The summed E-state index contributed by atoms with van der Waals surface area (Å²) in [7, 11) is 5.96. The molecule has 0 spiro atoms. The van der Waals surface area contributed by atoms with E-state index in [0.717, 1.165) is 11.0 Å². The van der Waals surface area contributed by atoms with Crippen molar-refractivity contribution in [2.45, 2.75) is 0 Å². The van der Waals surface area contributed by atoms with Gasteiger partial charge in [-0.15, -0.1) is 12.4 Å². The van der Waals surface area contributed by atoms with Gasteiger partial charge in [-0.25, -0.2) is 4.57 Å². The molecule has 0 bridgehead atoms. The van der Waals surface area contributed by atoms with E-state index in [0.29, 0.717) is 6.61 Å². The van der Waals surface area contributed by atoms with Crippen LogP contribution in [0.25, 0.3) is 0 Å². The Bertz CT molecular complexity index is 94.1. The second-order valence-corrected chi connectivity index (χ2v) is 3.33. The highest BCUT2D eigenvalue weighted by Crippen LogP contribution is 1.96. The molecule has 0 unspecified atom stereocenters. The van der Waals surface area contributed by atoms with Crippen molar-refractivity contribution in [1.82, 2.24) is 0 Å². The van der Waals surface area contributed by atoms with E-state index in [4.69, 9.17) is 0 Å². The van der Waals surface area contributed by atoms with E-state index in [-0.39, 0.29) is 21.1 Å². The molecule has 0 saturated carbocycles. The highest BCUT2D eigenvalue weighted by Gasteiger charge is 2.04. The lowest BCUT2D eigenvalue weighted by molar-refractivity contribution is -0.870. The van der Waals surface area contributed by atoms with Crippen LogP contribution in [0.2, 0.25) is 0 Å². The first-order valence-corrected chi connectivity index (χ1v) is 3.54. The summed E-state index contributed by atoms with van der Waals surface area (Å²) in [5.74, 6) is 0. The third kappa shape index (κ3) is 11.2. The SMILES string of the molecule is C[N+](C)(C)CCOP=O.Cl. The summed E-state index contributed by atoms with van der Waals surface area (Å²) in [6.07, 6.45) is 0. The van der Waals surface area contributed by atoms with E-state index >= 15 is 0 Å². The Morgan fingerprint density at radius 1 is 1.40 bits per heavy atom. The molecule has 0 radical (unpaired) electrons. The first-order chi connectivity index (χ1) is 4.06. The first-order valence-electron chi connectivity index (χ1n) is 2.81. The lowest BCUT2D eigenvalue weighted by atomic mass is 10.5. The zero-order valence-corrected chi connectivity index (χ0v) is 8.24. The molecular weight excluding hydrogens is 172 g/mol. The number of hydrogen-bond donors (Lipinski definition) is 0. The van der Waals surface area contributed by atoms with E-state index in [1.165, 1.54) is 0 Å². The highest BCUT2D eigenvalue weighted by atomic mass is 35.5. The van der Waals surface area contributed by atoms with Gasteiger partial charge in [0.1, 0.15) is 13.2 Å². The van der Waals surface area contributed by atoms with E-state index in [1.807, 2.05) is 0 Å². The molecule has 10 heavy (non-hydrogen) atoms. The van der Waals surface area contributed by atoms with Crippen molar-refractivity contribution in [2.24, 2.45) is 0 Å². The molecular formula is C5H14ClNO2P+. The summed E-state index contributed by atoms with van der Waals surface area (Å²) >= 11 is 0. The van der Waals surface area contributed by atoms with Gasteiger partial charge >= 0.3 is 8.69 Å². The molecule has 3 nitrogen and oxygen atoms in total. The van der Waals surface area contributed by atoms with Crippen LogP contribution in [0.5, 0.6) is 0 Å². The monoisotopic (exact) mass is 186 g/mol. The van der Waals surface area contributed by atoms with Gasteiger partial charge in [-0.3, -0.25) is 4.52 Å². The normalized spacial score (nSPS) is 11.1. The lowest BCUT2D eigenvalue weighted by Gasteiger charge is -2.22. The molecule has 0 heterocycles. The topological polar surface area (TPSA) is 26.3 Å². The fourth-order valence-electron chi connectivity index (χ4n) is 0.352. The van der Waals surface area contributed by atoms with E-state index < -0.39 is 0 Å². The van der Waals surface area contributed by atoms with Gasteiger partial charge in [0.15, 0.2) is 0 Å². The number of hydrogen-bond acceptors (Lipinski definition) is 2. The zero-order chi connectivity index (χ0) is 7.33. The average Bonchev–Trinajstić information content (AvgIpc) is 1.63. The fourth-order valence-corrected chi connectivity index (χ4v) is 0.508. The summed E-state index contributed by atoms with van der Waals surface area (Å²) in [5, 5.41) is 0. The standard InChI is InChI=1S/C5H13NO2P.ClH/c1-6(2,3)4-5-8-9-7;/h4-5H2,1-3H3;1H/q+1;. The minimum Gasteiger partial charge on any atom is -0.329 e. The van der Waals surface area contributed by atoms with Crippen LogP contribution >= 0.6 is 21.1 Å². The Morgan fingerprint density at radius 3 is 2.20 bits per heavy atom. The second-order valence-electron chi connectivity index (χ2n) is 2.92. The molecule has 5 heteroatoms. The van der Waals surface area contributed by atoms with Gasteiger partial charge < -0.3 is 4.48 Å². The van der Waals surface area contributed by atoms with Crippen molar-refractivity contribution in [3.8, 4) is 0 Å². The minimum atomic E-state index is -0.217. The molecule has 0 rings (SSSR count). The van der Waals surface area contributed by atoms with Crippen LogP contribution in [0.1, 0.15) is 0 Å². The number of likely N-dealkylation sites (N-methyl/N-ethyl adjacent to an activating group) is 1. The minimum absolute atomic E-state index is 0. The molecule has 0 aliphatic carbocycles. The van der Waals surface area contributed by atoms with Gasteiger partial charge in [-0.05, 0) is 0 Å². The molecule has 0 aliphatic heterocycles. The maximum Gasteiger partial charge on any atom is 0.327 e. The third-order valence-electron chi connectivity index (χ3n) is 0.906. The summed E-state index contributed by atoms with van der Waals surface area (Å²) < 4.78 is 15.2. The van der Waals surface area contributed by atoms with Crippen LogP contribution in [-0.4, -0.2) is 38.8 Å². The number of rotatable bonds is 4. The molecule has 0 aliphatic rings. The molecule has 62 valence electrons. The number of quaternary nitrogens is 1. The van der Waals surface area contributed by atoms with E-state index in [1.54, 1.807) is 0 Å². The van der Waals surface area contributed by atoms with Crippen LogP contribution < -0.4 is 0 Å². The van der Waals surface area contributed by atoms with Crippen molar-refractivity contribution in [2.75, 3.05) is 34.3 Å². The van der Waals surface area contributed by atoms with Gasteiger partial charge in [0.05, 0.1) is 21.1 Å². The Balaban J connectivity index is 0. The first kappa shape index (κ1) is 12.9. The predicted molar refractivity (Wildman–Crippen MR) is 43.7 cm³/mol. The van der Waals surface area contributed by atoms with Crippen molar-refractivity contribution in [3.63, 3.8) is 0 Å². The Kier molecular flexibility index (Phi) is 7.83. The summed E-state index contributed by atoms with van der Waals surface area (Å²) in [6, 6.07) is 0. The molecule has 0 atom stereocenters. The maximum atomic E-state index is 9.76. The van der Waals surface area contributed by atoms with Crippen LogP contribution in [0.15, 0.2) is 0 Å². The van der Waals surface area contributed by atoms with Gasteiger partial charge in [0.25, 0.3) is 0 Å². The van der Waals surface area contributed by atoms with Gasteiger partial charge in [-0.1, -0.05) is 0 Å². The maximum absolute atomic E-state index is 9.76. The Labute approximate surface area is 69.6 Å². The van der Waals surface area contributed by atoms with Gasteiger partial charge in [-0.2, -0.15) is 0 Å². The van der Waals surface area contributed by atoms with E-state index in [2.05, 4.69) is 25.7 Å². The largest absolute Gasteiger partial charge is 0.329 e. The molecule has 0 fully saturated rings. The van der Waals surface area contributed by atoms with Crippen molar-refractivity contribution in [3.05, 3.63) is 0 Å². The Hall–Kier alpha value is 0.310. The summed E-state index contributed by atoms with van der Waals surface area (Å²) in [4.78, 5) is 0. The molecule has 0 aromatic rings. The number of halogens is 1. The molecule has 0 saturated heterocycles. The van der Waals surface area contributed by atoms with E-state index in [9.17, 15) is 4.57 Å². The molecule has 0 amide bonds. The quantitative estimate of drug-likeness (QED) is 0.376. The smallest absolute Gasteiger partial charge is 0.327 e. The Morgan fingerprint density at radius 2 is 1.90 bits per heavy atom. The van der Waals surface area contributed by atoms with Crippen LogP contribution in [-0.2, 0) is 9.09 Å². The van der Waals surface area contributed by atoms with Crippen LogP contribution in [0, 0.1) is 0 Å². The molecule has 0 N–H and O–H groups in total. The zero-order valence-electron chi connectivity index (χ0n) is 6.53. The second kappa shape index (κ2) is 6.05. The number of nitrogens with zero attached hydrogens (tertiary/aromatic N) is 1. The van der Waals surface area contributed by atoms with Crippen molar-refractivity contribution in [1.29, 1.82) is 0 Å². The third-order valence-corrected chi connectivity index (χ3v) is 1.19.